The summed E-state index contributed by atoms with van der Waals surface area (Å²) in [5, 5.41) is 3.20. The second kappa shape index (κ2) is 5.47. The fourth-order valence-corrected chi connectivity index (χ4v) is 2.74. The Morgan fingerprint density at radius 3 is 2.67 bits per heavy atom. The summed E-state index contributed by atoms with van der Waals surface area (Å²) in [7, 11) is 0. The molecule has 6 heteroatoms. The van der Waals surface area contributed by atoms with E-state index in [4.69, 9.17) is 0 Å². The van der Waals surface area contributed by atoms with Gasteiger partial charge in [0.2, 0.25) is 5.91 Å². The number of piperidine rings is 1. The lowest BCUT2D eigenvalue weighted by Gasteiger charge is -2.34. The molecule has 18 heavy (non-hydrogen) atoms. The number of carbonyl (C=O) groups excluding carboxylic acids is 1. The molecule has 2 aliphatic rings. The third-order valence-corrected chi connectivity index (χ3v) is 3.82. The van der Waals surface area contributed by atoms with Gasteiger partial charge in [0, 0.05) is 25.6 Å². The molecule has 2 aliphatic heterocycles. The second-order valence-electron chi connectivity index (χ2n) is 5.22. The molecule has 2 heterocycles. The molecule has 0 aromatic carbocycles. The topological polar surface area (TPSA) is 32.3 Å². The molecule has 0 aliphatic carbocycles. The first-order valence-corrected chi connectivity index (χ1v) is 6.54. The minimum absolute atomic E-state index is 0.136. The van der Waals surface area contributed by atoms with E-state index in [1.807, 2.05) is 0 Å². The number of alkyl halides is 3. The quantitative estimate of drug-likeness (QED) is 0.826. The summed E-state index contributed by atoms with van der Waals surface area (Å²) in [5.41, 5.74) is 0. The largest absolute Gasteiger partial charge is 0.393 e. The molecule has 2 saturated heterocycles. The molecule has 0 aromatic heterocycles. The van der Waals surface area contributed by atoms with Crippen molar-refractivity contribution in [1.82, 2.24) is 10.2 Å². The van der Waals surface area contributed by atoms with Gasteiger partial charge in [0.05, 0.1) is 5.92 Å². The standard InChI is InChI=1S/C12H19F3N2O/c13-12(14,15)9-3-2-6-17(8-9)11(18)7-10-4-1-5-16-10/h9-10,16H,1-8H2/t9-,10+/m0/s1. The van der Waals surface area contributed by atoms with E-state index < -0.39 is 12.1 Å². The Labute approximate surface area is 105 Å². The smallest absolute Gasteiger partial charge is 0.342 e. The van der Waals surface area contributed by atoms with E-state index in [0.29, 0.717) is 19.4 Å². The van der Waals surface area contributed by atoms with Crippen LogP contribution in [0.1, 0.15) is 32.1 Å². The van der Waals surface area contributed by atoms with E-state index in [9.17, 15) is 18.0 Å². The van der Waals surface area contributed by atoms with Gasteiger partial charge in [0.15, 0.2) is 0 Å². The fourth-order valence-electron chi connectivity index (χ4n) is 2.74. The molecule has 0 radical (unpaired) electrons. The van der Waals surface area contributed by atoms with Crippen LogP contribution in [0, 0.1) is 5.92 Å². The lowest BCUT2D eigenvalue weighted by Crippen LogP contribution is -2.45. The molecule has 2 fully saturated rings. The summed E-state index contributed by atoms with van der Waals surface area (Å²) >= 11 is 0. The van der Waals surface area contributed by atoms with Gasteiger partial charge in [-0.1, -0.05) is 0 Å². The van der Waals surface area contributed by atoms with E-state index >= 15 is 0 Å². The number of hydrogen-bond donors (Lipinski definition) is 1. The molecular weight excluding hydrogens is 245 g/mol. The van der Waals surface area contributed by atoms with Crippen LogP contribution in [0.15, 0.2) is 0 Å². The summed E-state index contributed by atoms with van der Waals surface area (Å²) < 4.78 is 37.9. The highest BCUT2D eigenvalue weighted by atomic mass is 19.4. The number of nitrogens with zero attached hydrogens (tertiary/aromatic N) is 1. The van der Waals surface area contributed by atoms with Gasteiger partial charge in [0.25, 0.3) is 0 Å². The monoisotopic (exact) mass is 264 g/mol. The van der Waals surface area contributed by atoms with Crippen LogP contribution in [0.5, 0.6) is 0 Å². The van der Waals surface area contributed by atoms with Crippen LogP contribution in [0.25, 0.3) is 0 Å². The maximum absolute atomic E-state index is 12.6. The first-order chi connectivity index (χ1) is 8.47. The highest BCUT2D eigenvalue weighted by Crippen LogP contribution is 2.33. The van der Waals surface area contributed by atoms with Gasteiger partial charge < -0.3 is 10.2 Å². The van der Waals surface area contributed by atoms with Crippen molar-refractivity contribution >= 4 is 5.91 Å². The maximum Gasteiger partial charge on any atom is 0.393 e. The van der Waals surface area contributed by atoms with Gasteiger partial charge in [-0.15, -0.1) is 0 Å². The molecule has 2 atom stereocenters. The van der Waals surface area contributed by atoms with E-state index in [1.54, 1.807) is 0 Å². The molecule has 3 nitrogen and oxygen atoms in total. The van der Waals surface area contributed by atoms with Gasteiger partial charge in [-0.3, -0.25) is 4.79 Å². The summed E-state index contributed by atoms with van der Waals surface area (Å²) in [4.78, 5) is 13.3. The Morgan fingerprint density at radius 1 is 1.28 bits per heavy atom. The Bertz CT molecular complexity index is 300. The molecule has 0 spiro atoms. The number of hydrogen-bond acceptors (Lipinski definition) is 2. The molecule has 1 N–H and O–H groups in total. The van der Waals surface area contributed by atoms with Crippen LogP contribution >= 0.6 is 0 Å². The summed E-state index contributed by atoms with van der Waals surface area (Å²) in [5.74, 6) is -1.48. The number of carbonyl (C=O) groups is 1. The second-order valence-corrected chi connectivity index (χ2v) is 5.22. The van der Waals surface area contributed by atoms with Gasteiger partial charge in [-0.05, 0) is 32.2 Å². The van der Waals surface area contributed by atoms with Crippen LogP contribution < -0.4 is 5.32 Å². The zero-order chi connectivity index (χ0) is 13.2. The van der Waals surface area contributed by atoms with Crippen molar-refractivity contribution in [2.75, 3.05) is 19.6 Å². The van der Waals surface area contributed by atoms with Crippen molar-refractivity contribution in [2.45, 2.75) is 44.3 Å². The van der Waals surface area contributed by atoms with Crippen LogP contribution in [-0.4, -0.2) is 42.7 Å². The average Bonchev–Trinajstić information content (AvgIpc) is 2.81. The van der Waals surface area contributed by atoms with E-state index in [2.05, 4.69) is 5.32 Å². The van der Waals surface area contributed by atoms with Gasteiger partial charge in [-0.25, -0.2) is 0 Å². The van der Waals surface area contributed by atoms with Crippen LogP contribution in [0.2, 0.25) is 0 Å². The first kappa shape index (κ1) is 13.6. The normalized spacial score (nSPS) is 29.6. The number of rotatable bonds is 2. The van der Waals surface area contributed by atoms with E-state index in [0.717, 1.165) is 19.4 Å². The lowest BCUT2D eigenvalue weighted by molar-refractivity contribution is -0.188. The predicted molar refractivity (Wildman–Crippen MR) is 61.0 cm³/mol. The third kappa shape index (κ3) is 3.37. The van der Waals surface area contributed by atoms with E-state index in [-0.39, 0.29) is 24.9 Å². The zero-order valence-corrected chi connectivity index (χ0v) is 10.3. The molecule has 0 unspecified atom stereocenters. The maximum atomic E-state index is 12.6. The molecule has 104 valence electrons. The fraction of sp³-hybridized carbons (Fsp3) is 0.917. The van der Waals surface area contributed by atoms with Crippen LogP contribution in [-0.2, 0) is 4.79 Å². The zero-order valence-electron chi connectivity index (χ0n) is 10.3. The van der Waals surface area contributed by atoms with Crippen molar-refractivity contribution in [1.29, 1.82) is 0 Å². The minimum atomic E-state index is -4.18. The van der Waals surface area contributed by atoms with Crippen molar-refractivity contribution in [3.63, 3.8) is 0 Å². The molecule has 0 bridgehead atoms. The molecule has 0 saturated carbocycles. The Balaban J connectivity index is 1.86. The van der Waals surface area contributed by atoms with Gasteiger partial charge >= 0.3 is 6.18 Å². The summed E-state index contributed by atoms with van der Waals surface area (Å²) in [6.45, 7) is 1.22. The Morgan fingerprint density at radius 2 is 2.06 bits per heavy atom. The summed E-state index contributed by atoms with van der Waals surface area (Å²) in [6.07, 6.45) is -1.25. The van der Waals surface area contributed by atoms with Crippen molar-refractivity contribution in [3.05, 3.63) is 0 Å². The Kier molecular flexibility index (Phi) is 4.14. The number of amides is 1. The van der Waals surface area contributed by atoms with Gasteiger partial charge in [-0.2, -0.15) is 13.2 Å². The van der Waals surface area contributed by atoms with Crippen LogP contribution in [0.3, 0.4) is 0 Å². The predicted octanol–water partition coefficient (Wildman–Crippen LogP) is 1.93. The number of nitrogens with one attached hydrogen (secondary N) is 1. The number of likely N-dealkylation sites (tertiary alicyclic amines) is 1. The van der Waals surface area contributed by atoms with Gasteiger partial charge in [0.1, 0.15) is 0 Å². The highest BCUT2D eigenvalue weighted by Gasteiger charge is 2.42. The molecule has 0 aromatic rings. The van der Waals surface area contributed by atoms with E-state index in [1.165, 1.54) is 4.90 Å². The first-order valence-electron chi connectivity index (χ1n) is 6.54. The summed E-state index contributed by atoms with van der Waals surface area (Å²) in [6, 6.07) is 0.156. The highest BCUT2D eigenvalue weighted by molar-refractivity contribution is 5.77. The van der Waals surface area contributed by atoms with Crippen molar-refractivity contribution in [3.8, 4) is 0 Å². The van der Waals surface area contributed by atoms with Crippen molar-refractivity contribution < 1.29 is 18.0 Å². The molecule has 2 rings (SSSR count). The third-order valence-electron chi connectivity index (χ3n) is 3.82. The molecule has 1 amide bonds. The van der Waals surface area contributed by atoms with Crippen LogP contribution in [0.4, 0.5) is 13.2 Å². The van der Waals surface area contributed by atoms with Crippen molar-refractivity contribution in [2.24, 2.45) is 5.92 Å². The SMILES string of the molecule is O=C(C[C@H]1CCCN1)N1CCC[C@H](C(F)(F)F)C1. The Hall–Kier alpha value is -0.780. The lowest BCUT2D eigenvalue weighted by atomic mass is 9.97. The number of halogens is 3. The molecular formula is C12H19F3N2O. The minimum Gasteiger partial charge on any atom is -0.342 e. The average molecular weight is 264 g/mol.